The molecule has 0 bridgehead atoms. The largest absolute Gasteiger partial charge is 0.368 e. The van der Waals surface area contributed by atoms with Gasteiger partial charge in [-0.25, -0.2) is 0 Å². The van der Waals surface area contributed by atoms with E-state index in [2.05, 4.69) is 31.0 Å². The fourth-order valence-corrected chi connectivity index (χ4v) is 4.26. The third kappa shape index (κ3) is 3.98. The van der Waals surface area contributed by atoms with Gasteiger partial charge in [-0.05, 0) is 71.4 Å². The quantitative estimate of drug-likeness (QED) is 0.818. The molecule has 1 aliphatic carbocycles. The average Bonchev–Trinajstić information content (AvgIpc) is 2.47. The molecule has 2 aliphatic rings. The number of amides is 1. The number of nitrogens with two attached hydrogens (primary N) is 1. The van der Waals surface area contributed by atoms with Gasteiger partial charge in [-0.15, -0.1) is 0 Å². The summed E-state index contributed by atoms with van der Waals surface area (Å²) in [7, 11) is 0. The van der Waals surface area contributed by atoms with Gasteiger partial charge in [0.25, 0.3) is 0 Å². The molecule has 4 nitrogen and oxygen atoms in total. The highest BCUT2D eigenvalue weighted by molar-refractivity contribution is 5.85. The number of piperidine rings is 1. The van der Waals surface area contributed by atoms with Gasteiger partial charge in [-0.2, -0.15) is 0 Å². The van der Waals surface area contributed by atoms with E-state index < -0.39 is 5.54 Å². The highest BCUT2D eigenvalue weighted by atomic mass is 16.1. The van der Waals surface area contributed by atoms with Crippen LogP contribution in [-0.2, 0) is 4.79 Å². The zero-order valence-corrected chi connectivity index (χ0v) is 14.0. The zero-order valence-electron chi connectivity index (χ0n) is 14.0. The predicted octanol–water partition coefficient (Wildman–Crippen LogP) is 2.27. The Bertz CT molecular complexity index is 350. The maximum Gasteiger partial charge on any atom is 0.237 e. The maximum atomic E-state index is 12.1. The van der Waals surface area contributed by atoms with Crippen LogP contribution in [0.3, 0.4) is 0 Å². The van der Waals surface area contributed by atoms with Crippen LogP contribution in [0.1, 0.15) is 65.7 Å². The molecule has 3 N–H and O–H groups in total. The van der Waals surface area contributed by atoms with Crippen molar-refractivity contribution in [1.29, 1.82) is 0 Å². The summed E-state index contributed by atoms with van der Waals surface area (Å²) < 4.78 is 0. The molecule has 1 saturated heterocycles. The number of carbonyl (C=O) groups excluding carboxylic acids is 1. The molecule has 0 aromatic rings. The summed E-state index contributed by atoms with van der Waals surface area (Å²) in [6.07, 6.45) is 8.02. The van der Waals surface area contributed by atoms with Crippen LogP contribution >= 0.6 is 0 Å². The van der Waals surface area contributed by atoms with Crippen LogP contribution in [0.2, 0.25) is 0 Å². The maximum absolute atomic E-state index is 12.1. The van der Waals surface area contributed by atoms with Gasteiger partial charge in [0.15, 0.2) is 0 Å². The first-order valence-corrected chi connectivity index (χ1v) is 8.78. The van der Waals surface area contributed by atoms with Crippen molar-refractivity contribution in [3.05, 3.63) is 0 Å². The van der Waals surface area contributed by atoms with Gasteiger partial charge >= 0.3 is 0 Å². The molecular weight excluding hydrogens is 262 g/mol. The standard InChI is InChI=1S/C17H33N3O/c1-4-14-7-10-20(11-8-14)15-6-5-9-17(12-15,16(18)21)19-13(2)3/h13-15,19H,4-12H2,1-3H3,(H2,18,21). The number of primary amides is 1. The van der Waals surface area contributed by atoms with Crippen molar-refractivity contribution in [2.24, 2.45) is 11.7 Å². The van der Waals surface area contributed by atoms with E-state index in [1.807, 2.05) is 0 Å². The van der Waals surface area contributed by atoms with E-state index >= 15 is 0 Å². The van der Waals surface area contributed by atoms with Crippen molar-refractivity contribution in [2.75, 3.05) is 13.1 Å². The summed E-state index contributed by atoms with van der Waals surface area (Å²) in [6, 6.07) is 0.817. The second-order valence-corrected chi connectivity index (χ2v) is 7.38. The molecule has 2 fully saturated rings. The van der Waals surface area contributed by atoms with Crippen LogP contribution < -0.4 is 11.1 Å². The third-order valence-corrected chi connectivity index (χ3v) is 5.50. The molecule has 2 rings (SSSR count). The van der Waals surface area contributed by atoms with Crippen molar-refractivity contribution < 1.29 is 4.79 Å². The third-order valence-electron chi connectivity index (χ3n) is 5.50. The summed E-state index contributed by atoms with van der Waals surface area (Å²) in [6.45, 7) is 8.88. The number of hydrogen-bond acceptors (Lipinski definition) is 3. The summed E-state index contributed by atoms with van der Waals surface area (Å²) in [5.41, 5.74) is 5.28. The number of nitrogens with one attached hydrogen (secondary N) is 1. The summed E-state index contributed by atoms with van der Waals surface area (Å²) in [5, 5.41) is 3.48. The monoisotopic (exact) mass is 295 g/mol. The van der Waals surface area contributed by atoms with Crippen LogP contribution in [0.25, 0.3) is 0 Å². The molecule has 1 heterocycles. The van der Waals surface area contributed by atoms with Crippen molar-refractivity contribution in [2.45, 2.75) is 83.3 Å². The highest BCUT2D eigenvalue weighted by Crippen LogP contribution is 2.34. The van der Waals surface area contributed by atoms with E-state index in [1.165, 1.54) is 38.8 Å². The van der Waals surface area contributed by atoms with Crippen LogP contribution in [0.5, 0.6) is 0 Å². The summed E-state index contributed by atoms with van der Waals surface area (Å²) in [4.78, 5) is 14.7. The first-order chi connectivity index (χ1) is 9.97. The first kappa shape index (κ1) is 16.8. The van der Waals surface area contributed by atoms with Gasteiger partial charge in [0.05, 0.1) is 5.54 Å². The lowest BCUT2D eigenvalue weighted by Gasteiger charge is -2.46. The lowest BCUT2D eigenvalue weighted by atomic mass is 9.76. The molecule has 0 aromatic heterocycles. The minimum Gasteiger partial charge on any atom is -0.368 e. The number of carbonyl (C=O) groups is 1. The molecule has 0 radical (unpaired) electrons. The Labute approximate surface area is 129 Å². The fraction of sp³-hybridized carbons (Fsp3) is 0.941. The smallest absolute Gasteiger partial charge is 0.237 e. The number of likely N-dealkylation sites (tertiary alicyclic amines) is 1. The van der Waals surface area contributed by atoms with E-state index in [-0.39, 0.29) is 5.91 Å². The molecule has 1 aliphatic heterocycles. The number of nitrogens with zero attached hydrogens (tertiary/aromatic N) is 1. The van der Waals surface area contributed by atoms with E-state index in [9.17, 15) is 4.79 Å². The Morgan fingerprint density at radius 2 is 2.00 bits per heavy atom. The lowest BCUT2D eigenvalue weighted by Crippen LogP contribution is -2.62. The van der Waals surface area contributed by atoms with E-state index in [0.29, 0.717) is 12.1 Å². The summed E-state index contributed by atoms with van der Waals surface area (Å²) in [5.74, 6) is 0.740. The van der Waals surface area contributed by atoms with Crippen LogP contribution in [0.15, 0.2) is 0 Å². The van der Waals surface area contributed by atoms with E-state index in [4.69, 9.17) is 5.73 Å². The molecule has 122 valence electrons. The molecule has 0 spiro atoms. The Morgan fingerprint density at radius 3 is 2.52 bits per heavy atom. The minimum atomic E-state index is -0.487. The van der Waals surface area contributed by atoms with Gasteiger partial charge in [0.2, 0.25) is 5.91 Å². The summed E-state index contributed by atoms with van der Waals surface area (Å²) >= 11 is 0. The topological polar surface area (TPSA) is 58.4 Å². The highest BCUT2D eigenvalue weighted by Gasteiger charge is 2.43. The van der Waals surface area contributed by atoms with Crippen LogP contribution in [0.4, 0.5) is 0 Å². The van der Waals surface area contributed by atoms with Gasteiger partial charge in [0.1, 0.15) is 0 Å². The Kier molecular flexibility index (Phi) is 5.67. The molecule has 0 aromatic carbocycles. The first-order valence-electron chi connectivity index (χ1n) is 8.78. The normalized spacial score (nSPS) is 32.5. The predicted molar refractivity (Wildman–Crippen MR) is 87.0 cm³/mol. The Balaban J connectivity index is 2.00. The SMILES string of the molecule is CCC1CCN(C2CCCC(NC(C)C)(C(N)=O)C2)CC1. The molecule has 2 unspecified atom stereocenters. The fourth-order valence-electron chi connectivity index (χ4n) is 4.26. The van der Waals surface area contributed by atoms with Gasteiger partial charge < -0.3 is 16.0 Å². The van der Waals surface area contributed by atoms with Crippen molar-refractivity contribution in [3.8, 4) is 0 Å². The van der Waals surface area contributed by atoms with Crippen LogP contribution in [-0.4, -0.2) is 41.5 Å². The van der Waals surface area contributed by atoms with Gasteiger partial charge in [0, 0.05) is 12.1 Å². The molecule has 1 saturated carbocycles. The number of rotatable bonds is 5. The minimum absolute atomic E-state index is 0.163. The van der Waals surface area contributed by atoms with Crippen molar-refractivity contribution in [1.82, 2.24) is 10.2 Å². The second kappa shape index (κ2) is 7.10. The number of hydrogen-bond donors (Lipinski definition) is 2. The van der Waals surface area contributed by atoms with Crippen molar-refractivity contribution in [3.63, 3.8) is 0 Å². The second-order valence-electron chi connectivity index (χ2n) is 7.38. The van der Waals surface area contributed by atoms with E-state index in [1.54, 1.807) is 0 Å². The molecule has 4 heteroatoms. The lowest BCUT2D eigenvalue weighted by molar-refractivity contribution is -0.127. The average molecular weight is 295 g/mol. The van der Waals surface area contributed by atoms with Crippen molar-refractivity contribution >= 4 is 5.91 Å². The zero-order chi connectivity index (χ0) is 15.5. The van der Waals surface area contributed by atoms with Crippen LogP contribution in [0, 0.1) is 5.92 Å². The Hall–Kier alpha value is -0.610. The molecule has 21 heavy (non-hydrogen) atoms. The van der Waals surface area contributed by atoms with Gasteiger partial charge in [-0.1, -0.05) is 13.3 Å². The molecule has 1 amide bonds. The van der Waals surface area contributed by atoms with Gasteiger partial charge in [-0.3, -0.25) is 4.79 Å². The molecule has 2 atom stereocenters. The van der Waals surface area contributed by atoms with E-state index in [0.717, 1.165) is 25.2 Å². The molecular formula is C17H33N3O. The Morgan fingerprint density at radius 1 is 1.33 bits per heavy atom.